The lowest BCUT2D eigenvalue weighted by molar-refractivity contribution is -0.160. The highest BCUT2D eigenvalue weighted by Crippen LogP contribution is 2.18. The van der Waals surface area contributed by atoms with Gasteiger partial charge in [-0.3, -0.25) is 4.79 Å². The van der Waals surface area contributed by atoms with Gasteiger partial charge in [-0.25, -0.2) is 0 Å². The molecule has 3 N–H and O–H groups in total. The number of hydrogen-bond donors (Lipinski definition) is 3. The number of unbranched alkanes of at least 4 members (excludes halogenated alkanes) is 4. The van der Waals surface area contributed by atoms with E-state index < -0.39 is 30.4 Å². The summed E-state index contributed by atoms with van der Waals surface area (Å²) in [6, 6.07) is 0. The topological polar surface area (TPSA) is 87.0 Å². The fraction of sp³-hybridized carbons (Fsp3) is 0.812. The molecule has 0 saturated carbocycles. The Balaban J connectivity index is 2.56. The van der Waals surface area contributed by atoms with Gasteiger partial charge in [-0.2, -0.15) is 0 Å². The number of hydrogen-bond acceptors (Lipinski definition) is 5. The largest absolute Gasteiger partial charge is 0.459 e. The van der Waals surface area contributed by atoms with Crippen LogP contribution in [0.2, 0.25) is 0 Å². The fourth-order valence-corrected chi connectivity index (χ4v) is 2.41. The summed E-state index contributed by atoms with van der Waals surface area (Å²) in [5, 5.41) is 29.5. The van der Waals surface area contributed by atoms with E-state index in [4.69, 9.17) is 4.74 Å². The quantitative estimate of drug-likeness (QED) is 0.395. The molecule has 21 heavy (non-hydrogen) atoms. The lowest BCUT2D eigenvalue weighted by Crippen LogP contribution is -2.40. The van der Waals surface area contributed by atoms with Crippen LogP contribution in [0.25, 0.3) is 0 Å². The molecule has 0 aromatic carbocycles. The van der Waals surface area contributed by atoms with Crippen LogP contribution in [0.5, 0.6) is 0 Å². The molecule has 5 heteroatoms. The van der Waals surface area contributed by atoms with Gasteiger partial charge >= 0.3 is 5.97 Å². The van der Waals surface area contributed by atoms with E-state index in [-0.39, 0.29) is 12.8 Å². The summed E-state index contributed by atoms with van der Waals surface area (Å²) >= 11 is 0. The minimum absolute atomic E-state index is 0.112. The van der Waals surface area contributed by atoms with Gasteiger partial charge in [0.2, 0.25) is 0 Å². The third-order valence-corrected chi connectivity index (χ3v) is 3.78. The zero-order valence-electron chi connectivity index (χ0n) is 12.8. The molecule has 0 aromatic heterocycles. The summed E-state index contributed by atoms with van der Waals surface area (Å²) in [5.74, 6) is -0.436. The summed E-state index contributed by atoms with van der Waals surface area (Å²) in [6.07, 6.45) is 5.29. The molecule has 0 aromatic rings. The molecule has 4 atom stereocenters. The molecule has 0 radical (unpaired) electrons. The molecular formula is C16H28O5. The first kappa shape index (κ1) is 18.1. The van der Waals surface area contributed by atoms with Crippen molar-refractivity contribution in [2.75, 3.05) is 0 Å². The van der Waals surface area contributed by atoms with E-state index in [2.05, 4.69) is 6.92 Å². The molecule has 1 heterocycles. The van der Waals surface area contributed by atoms with Crippen molar-refractivity contribution in [3.63, 3.8) is 0 Å². The van der Waals surface area contributed by atoms with Crippen LogP contribution in [0.3, 0.4) is 0 Å². The monoisotopic (exact) mass is 300 g/mol. The van der Waals surface area contributed by atoms with E-state index in [1.165, 1.54) is 18.6 Å². The second-order valence-electron chi connectivity index (χ2n) is 5.70. The van der Waals surface area contributed by atoms with Crippen molar-refractivity contribution in [2.45, 2.75) is 82.7 Å². The molecule has 0 bridgehead atoms. The molecule has 0 amide bonds. The molecule has 1 aliphatic heterocycles. The van der Waals surface area contributed by atoms with Gasteiger partial charge in [0.25, 0.3) is 0 Å². The molecule has 0 saturated heterocycles. The maximum atomic E-state index is 11.7. The zero-order chi connectivity index (χ0) is 15.7. The van der Waals surface area contributed by atoms with Crippen molar-refractivity contribution < 1.29 is 24.9 Å². The van der Waals surface area contributed by atoms with E-state index >= 15 is 0 Å². The van der Waals surface area contributed by atoms with Crippen LogP contribution in [0.1, 0.15) is 58.3 Å². The molecule has 0 unspecified atom stereocenters. The number of esters is 1. The first-order valence-electron chi connectivity index (χ1n) is 7.96. The van der Waals surface area contributed by atoms with Gasteiger partial charge in [0, 0.05) is 6.42 Å². The number of ether oxygens (including phenoxy) is 1. The Morgan fingerprint density at radius 1 is 1.14 bits per heavy atom. The highest BCUT2D eigenvalue weighted by Gasteiger charge is 2.29. The van der Waals surface area contributed by atoms with Gasteiger partial charge in [-0.15, -0.1) is 0 Å². The predicted octanol–water partition coefficient (Wildman–Crippen LogP) is 1.69. The number of aliphatic hydroxyl groups excluding tert-OH is 3. The minimum atomic E-state index is -1.15. The van der Waals surface area contributed by atoms with Crippen molar-refractivity contribution in [1.29, 1.82) is 0 Å². The van der Waals surface area contributed by atoms with Crippen LogP contribution >= 0.6 is 0 Å². The maximum absolute atomic E-state index is 11.7. The second kappa shape index (κ2) is 9.92. The Morgan fingerprint density at radius 3 is 2.57 bits per heavy atom. The van der Waals surface area contributed by atoms with E-state index in [1.807, 2.05) is 0 Å². The summed E-state index contributed by atoms with van der Waals surface area (Å²) in [7, 11) is 0. The van der Waals surface area contributed by atoms with Gasteiger partial charge in [-0.05, 0) is 19.3 Å². The van der Waals surface area contributed by atoms with Crippen LogP contribution in [0, 0.1) is 0 Å². The lowest BCUT2D eigenvalue weighted by Gasteiger charge is -2.26. The number of carbonyl (C=O) groups excluding carboxylic acids is 1. The van der Waals surface area contributed by atoms with Crippen molar-refractivity contribution in [1.82, 2.24) is 0 Å². The normalized spacial score (nSPS) is 32.5. The Labute approximate surface area is 126 Å². The zero-order valence-corrected chi connectivity index (χ0v) is 12.8. The SMILES string of the molecule is CCCCCCC[C@@H]1OC(=O)CC[C@H](O)/C=C\[C@@H](O)[C@H]1O. The van der Waals surface area contributed by atoms with Gasteiger partial charge in [0.1, 0.15) is 18.3 Å². The number of cyclic esters (lactones) is 1. The Bertz CT molecular complexity index is 329. The Kier molecular flexibility index (Phi) is 8.57. The van der Waals surface area contributed by atoms with E-state index in [0.29, 0.717) is 6.42 Å². The molecular weight excluding hydrogens is 272 g/mol. The van der Waals surface area contributed by atoms with Gasteiger partial charge < -0.3 is 20.1 Å². The molecule has 0 fully saturated rings. The minimum Gasteiger partial charge on any atom is -0.459 e. The summed E-state index contributed by atoms with van der Waals surface area (Å²) < 4.78 is 5.27. The Morgan fingerprint density at radius 2 is 1.86 bits per heavy atom. The molecule has 1 aliphatic rings. The van der Waals surface area contributed by atoms with Crippen molar-refractivity contribution in [2.24, 2.45) is 0 Å². The smallest absolute Gasteiger partial charge is 0.306 e. The maximum Gasteiger partial charge on any atom is 0.306 e. The number of aliphatic hydroxyl groups is 3. The lowest BCUT2D eigenvalue weighted by atomic mass is 9.99. The van der Waals surface area contributed by atoms with Crippen LogP contribution in [-0.4, -0.2) is 45.7 Å². The van der Waals surface area contributed by atoms with Crippen molar-refractivity contribution in [3.8, 4) is 0 Å². The van der Waals surface area contributed by atoms with Crippen LogP contribution < -0.4 is 0 Å². The Hall–Kier alpha value is -0.910. The van der Waals surface area contributed by atoms with Crippen LogP contribution in [0.15, 0.2) is 12.2 Å². The highest BCUT2D eigenvalue weighted by molar-refractivity contribution is 5.69. The van der Waals surface area contributed by atoms with Gasteiger partial charge in [-0.1, -0.05) is 44.8 Å². The molecule has 0 aliphatic carbocycles. The average molecular weight is 300 g/mol. The molecule has 122 valence electrons. The molecule has 1 rings (SSSR count). The van der Waals surface area contributed by atoms with E-state index in [0.717, 1.165) is 25.7 Å². The second-order valence-corrected chi connectivity index (χ2v) is 5.70. The van der Waals surface area contributed by atoms with E-state index in [1.54, 1.807) is 0 Å². The van der Waals surface area contributed by atoms with Crippen LogP contribution in [-0.2, 0) is 9.53 Å². The molecule has 0 spiro atoms. The summed E-state index contributed by atoms with van der Waals surface area (Å²) in [4.78, 5) is 11.7. The summed E-state index contributed by atoms with van der Waals surface area (Å²) in [6.45, 7) is 2.14. The van der Waals surface area contributed by atoms with Crippen molar-refractivity contribution in [3.05, 3.63) is 12.2 Å². The summed E-state index contributed by atoms with van der Waals surface area (Å²) in [5.41, 5.74) is 0. The third kappa shape index (κ3) is 7.07. The van der Waals surface area contributed by atoms with Gasteiger partial charge in [0.15, 0.2) is 0 Å². The predicted molar refractivity (Wildman–Crippen MR) is 79.7 cm³/mol. The first-order chi connectivity index (χ1) is 10.0. The average Bonchev–Trinajstić information content (AvgIpc) is 2.47. The van der Waals surface area contributed by atoms with E-state index in [9.17, 15) is 20.1 Å². The van der Waals surface area contributed by atoms with Crippen LogP contribution in [0.4, 0.5) is 0 Å². The highest BCUT2D eigenvalue weighted by atomic mass is 16.6. The fourth-order valence-electron chi connectivity index (χ4n) is 2.41. The standard InChI is InChI=1S/C16H28O5/c1-2-3-4-5-6-7-14-16(20)13(18)10-8-12(17)9-11-15(19)21-14/h8,10,12-14,16-18,20H,2-7,9,11H2,1H3/b10-8-/t12-,13-,14+,16-/m1/s1. The third-order valence-electron chi connectivity index (χ3n) is 3.78. The van der Waals surface area contributed by atoms with Gasteiger partial charge in [0.05, 0.1) is 6.10 Å². The van der Waals surface area contributed by atoms with Crippen molar-refractivity contribution >= 4 is 5.97 Å². The number of carbonyl (C=O) groups is 1. The number of rotatable bonds is 6. The molecule has 5 nitrogen and oxygen atoms in total. The first-order valence-corrected chi connectivity index (χ1v) is 7.96.